The van der Waals surface area contributed by atoms with Crippen molar-refractivity contribution in [3.63, 3.8) is 0 Å². The molecule has 1 aliphatic heterocycles. The quantitative estimate of drug-likeness (QED) is 0.738. The molecule has 0 bridgehead atoms. The Balaban J connectivity index is 1.44. The smallest absolute Gasteiger partial charge is 0.416 e. The second-order valence-electron chi connectivity index (χ2n) is 7.32. The number of benzene rings is 2. The highest BCUT2D eigenvalue weighted by molar-refractivity contribution is 5.79. The molecule has 7 heteroatoms. The molecule has 2 N–H and O–H groups in total. The van der Waals surface area contributed by atoms with Gasteiger partial charge in [0.1, 0.15) is 5.75 Å². The average molecular weight is 406 g/mol. The van der Waals surface area contributed by atoms with Gasteiger partial charge in [0.25, 0.3) is 0 Å². The monoisotopic (exact) mass is 406 g/mol. The summed E-state index contributed by atoms with van der Waals surface area (Å²) in [6.07, 6.45) is -2.98. The van der Waals surface area contributed by atoms with Gasteiger partial charge in [-0.1, -0.05) is 36.4 Å². The molecular formula is C22H25F3N2O2. The molecular weight excluding hydrogens is 381 g/mol. The lowest BCUT2D eigenvalue weighted by Crippen LogP contribution is -2.45. The molecule has 1 saturated heterocycles. The van der Waals surface area contributed by atoms with E-state index < -0.39 is 11.7 Å². The molecule has 1 amide bonds. The largest absolute Gasteiger partial charge is 0.493 e. The summed E-state index contributed by atoms with van der Waals surface area (Å²) in [5.41, 5.74) is 0.439. The fourth-order valence-corrected chi connectivity index (χ4v) is 3.45. The predicted octanol–water partition coefficient (Wildman–Crippen LogP) is 3.67. The second-order valence-corrected chi connectivity index (χ2v) is 7.32. The Morgan fingerprint density at radius 2 is 1.90 bits per heavy atom. The van der Waals surface area contributed by atoms with E-state index in [1.54, 1.807) is 0 Å². The number of halogens is 3. The maximum Gasteiger partial charge on any atom is 0.416 e. The van der Waals surface area contributed by atoms with E-state index in [1.807, 2.05) is 30.3 Å². The first-order chi connectivity index (χ1) is 13.9. The van der Waals surface area contributed by atoms with Crippen LogP contribution in [-0.4, -0.2) is 32.1 Å². The van der Waals surface area contributed by atoms with Gasteiger partial charge < -0.3 is 15.4 Å². The molecule has 29 heavy (non-hydrogen) atoms. The van der Waals surface area contributed by atoms with Crippen molar-refractivity contribution in [2.45, 2.75) is 19.0 Å². The topological polar surface area (TPSA) is 50.4 Å². The average Bonchev–Trinajstić information content (AvgIpc) is 2.73. The van der Waals surface area contributed by atoms with Crippen molar-refractivity contribution < 1.29 is 22.7 Å². The molecule has 0 saturated carbocycles. The molecule has 1 fully saturated rings. The van der Waals surface area contributed by atoms with Gasteiger partial charge >= 0.3 is 6.18 Å². The van der Waals surface area contributed by atoms with Crippen LogP contribution in [0.2, 0.25) is 0 Å². The van der Waals surface area contributed by atoms with Gasteiger partial charge in [0.2, 0.25) is 5.91 Å². The minimum atomic E-state index is -4.39. The number of nitrogens with one attached hydrogen (secondary N) is 2. The van der Waals surface area contributed by atoms with Crippen LogP contribution in [0.25, 0.3) is 0 Å². The molecule has 1 heterocycles. The van der Waals surface area contributed by atoms with Crippen molar-refractivity contribution in [3.05, 3.63) is 65.7 Å². The van der Waals surface area contributed by atoms with E-state index in [-0.39, 0.29) is 30.1 Å². The molecule has 0 spiro atoms. The van der Waals surface area contributed by atoms with Crippen LogP contribution in [0.1, 0.15) is 17.5 Å². The van der Waals surface area contributed by atoms with Gasteiger partial charge in [-0.2, -0.15) is 13.2 Å². The van der Waals surface area contributed by atoms with Gasteiger partial charge in [-0.25, -0.2) is 0 Å². The number of rotatable bonds is 7. The third-order valence-electron chi connectivity index (χ3n) is 5.02. The fourth-order valence-electron chi connectivity index (χ4n) is 3.45. The van der Waals surface area contributed by atoms with Gasteiger partial charge in [-0.3, -0.25) is 4.79 Å². The van der Waals surface area contributed by atoms with E-state index in [0.717, 1.165) is 18.6 Å². The summed E-state index contributed by atoms with van der Waals surface area (Å²) in [6, 6.07) is 14.8. The summed E-state index contributed by atoms with van der Waals surface area (Å²) < 4.78 is 44.0. The molecule has 2 aromatic carbocycles. The molecule has 0 radical (unpaired) electrons. The number of alkyl halides is 3. The van der Waals surface area contributed by atoms with Crippen LogP contribution >= 0.6 is 0 Å². The normalized spacial score (nSPS) is 19.6. The van der Waals surface area contributed by atoms with E-state index in [4.69, 9.17) is 4.74 Å². The van der Waals surface area contributed by atoms with Crippen LogP contribution < -0.4 is 15.4 Å². The molecule has 4 nitrogen and oxygen atoms in total. The predicted molar refractivity (Wildman–Crippen MR) is 105 cm³/mol. The molecule has 3 rings (SSSR count). The van der Waals surface area contributed by atoms with Gasteiger partial charge in [-0.15, -0.1) is 0 Å². The summed E-state index contributed by atoms with van der Waals surface area (Å²) in [4.78, 5) is 12.4. The van der Waals surface area contributed by atoms with Gasteiger partial charge in [-0.05, 0) is 36.6 Å². The summed E-state index contributed by atoms with van der Waals surface area (Å²) in [5, 5.41) is 6.20. The van der Waals surface area contributed by atoms with Crippen LogP contribution in [-0.2, 0) is 17.4 Å². The highest BCUT2D eigenvalue weighted by Crippen LogP contribution is 2.31. The van der Waals surface area contributed by atoms with Crippen LogP contribution in [0.4, 0.5) is 13.2 Å². The third kappa shape index (κ3) is 6.49. The number of hydrogen-bond acceptors (Lipinski definition) is 3. The minimum absolute atomic E-state index is 0.00259. The first kappa shape index (κ1) is 21.2. The van der Waals surface area contributed by atoms with Crippen molar-refractivity contribution in [1.29, 1.82) is 0 Å². The van der Waals surface area contributed by atoms with E-state index in [0.29, 0.717) is 26.1 Å². The van der Waals surface area contributed by atoms with Crippen molar-refractivity contribution in [2.75, 3.05) is 26.2 Å². The lowest BCUT2D eigenvalue weighted by molar-refractivity contribution is -0.137. The number of hydrogen-bond donors (Lipinski definition) is 2. The molecule has 2 aromatic rings. The number of carbonyl (C=O) groups is 1. The third-order valence-corrected chi connectivity index (χ3v) is 5.02. The Morgan fingerprint density at radius 3 is 2.66 bits per heavy atom. The number of piperidine rings is 1. The van der Waals surface area contributed by atoms with Crippen molar-refractivity contribution in [2.24, 2.45) is 11.8 Å². The zero-order valence-electron chi connectivity index (χ0n) is 16.0. The zero-order chi connectivity index (χ0) is 20.7. The fraction of sp³-hybridized carbons (Fsp3) is 0.409. The minimum Gasteiger partial charge on any atom is -0.493 e. The Morgan fingerprint density at radius 1 is 1.10 bits per heavy atom. The Hall–Kier alpha value is -2.54. The summed E-state index contributed by atoms with van der Waals surface area (Å²) in [6.45, 7) is 2.11. The zero-order valence-corrected chi connectivity index (χ0v) is 16.0. The molecule has 0 aromatic heterocycles. The molecule has 0 aliphatic carbocycles. The van der Waals surface area contributed by atoms with Gasteiger partial charge in [0.05, 0.1) is 18.1 Å². The highest BCUT2D eigenvalue weighted by atomic mass is 19.4. The van der Waals surface area contributed by atoms with Gasteiger partial charge in [0.15, 0.2) is 0 Å². The molecule has 2 atom stereocenters. The standard InChI is InChI=1S/C22H25F3N2O2/c23-22(24,25)19-7-4-8-20(12-19)29-15-17-11-18(14-26-13-17)21(28)27-10-9-16-5-2-1-3-6-16/h1-8,12,17-18,26H,9-11,13-15H2,(H,27,28)/t17-,18+/m0/s1. The Labute approximate surface area is 168 Å². The number of carbonyl (C=O) groups excluding carboxylic acids is 1. The maximum atomic E-state index is 12.8. The van der Waals surface area contributed by atoms with E-state index in [2.05, 4.69) is 10.6 Å². The Bertz CT molecular complexity index is 796. The SMILES string of the molecule is O=C(NCCc1ccccc1)[C@H]1CNC[C@@H](COc2cccc(C(F)(F)F)c2)C1. The molecule has 0 unspecified atom stereocenters. The van der Waals surface area contributed by atoms with Crippen LogP contribution in [0, 0.1) is 11.8 Å². The lowest BCUT2D eigenvalue weighted by Gasteiger charge is -2.29. The van der Waals surface area contributed by atoms with Crippen molar-refractivity contribution >= 4 is 5.91 Å². The lowest BCUT2D eigenvalue weighted by atomic mass is 9.90. The summed E-state index contributed by atoms with van der Waals surface area (Å²) in [5.74, 6) is 0.0734. The number of amides is 1. The Kier molecular flexibility index (Phi) is 7.14. The van der Waals surface area contributed by atoms with E-state index in [1.165, 1.54) is 17.7 Å². The highest BCUT2D eigenvalue weighted by Gasteiger charge is 2.31. The van der Waals surface area contributed by atoms with Gasteiger partial charge in [0, 0.05) is 25.6 Å². The second kappa shape index (κ2) is 9.78. The van der Waals surface area contributed by atoms with E-state index >= 15 is 0 Å². The summed E-state index contributed by atoms with van der Waals surface area (Å²) in [7, 11) is 0. The van der Waals surface area contributed by atoms with Crippen molar-refractivity contribution in [1.82, 2.24) is 10.6 Å². The van der Waals surface area contributed by atoms with Crippen LogP contribution in [0.3, 0.4) is 0 Å². The van der Waals surface area contributed by atoms with E-state index in [9.17, 15) is 18.0 Å². The van der Waals surface area contributed by atoms with Crippen LogP contribution in [0.5, 0.6) is 5.75 Å². The first-order valence-corrected chi connectivity index (χ1v) is 9.74. The maximum absolute atomic E-state index is 12.8. The first-order valence-electron chi connectivity index (χ1n) is 9.74. The molecule has 156 valence electrons. The van der Waals surface area contributed by atoms with Crippen molar-refractivity contribution in [3.8, 4) is 5.75 Å². The van der Waals surface area contributed by atoms with Crippen LogP contribution in [0.15, 0.2) is 54.6 Å². The number of ether oxygens (including phenoxy) is 1. The summed E-state index contributed by atoms with van der Waals surface area (Å²) >= 11 is 0. The molecule has 1 aliphatic rings.